The molecule has 0 unspecified atom stereocenters. The van der Waals surface area contributed by atoms with Gasteiger partial charge in [0.2, 0.25) is 0 Å². The molecule has 0 saturated carbocycles. The van der Waals surface area contributed by atoms with E-state index >= 15 is 0 Å². The third-order valence-electron chi connectivity index (χ3n) is 2.38. The smallest absolute Gasteiger partial charge is 0.302 e. The molecule has 0 aliphatic carbocycles. The van der Waals surface area contributed by atoms with Crippen LogP contribution in [0.3, 0.4) is 0 Å². The van der Waals surface area contributed by atoms with Crippen molar-refractivity contribution in [3.8, 4) is 0 Å². The second-order valence-electron chi connectivity index (χ2n) is 3.66. The Morgan fingerprint density at radius 2 is 2.33 bits per heavy atom. The van der Waals surface area contributed by atoms with Crippen molar-refractivity contribution in [2.24, 2.45) is 0 Å². The molecule has 7 heteroatoms. The molecule has 7 nitrogen and oxygen atoms in total. The number of non-ortho nitro benzene ring substituents is 1. The molecule has 0 amide bonds. The number of nitro groups is 1. The third-order valence-corrected chi connectivity index (χ3v) is 2.38. The lowest BCUT2D eigenvalue weighted by Gasteiger charge is -1.98. The average Bonchev–Trinajstić information content (AvgIpc) is 2.71. The zero-order valence-electron chi connectivity index (χ0n) is 9.58. The van der Waals surface area contributed by atoms with Crippen LogP contribution in [0.2, 0.25) is 0 Å². The van der Waals surface area contributed by atoms with Crippen LogP contribution in [0.5, 0.6) is 0 Å². The average molecular weight is 250 g/mol. The maximum Gasteiger partial charge on any atom is 0.302 e. The van der Waals surface area contributed by atoms with Crippen molar-refractivity contribution < 1.29 is 19.0 Å². The molecule has 0 N–H and O–H groups in total. The first kappa shape index (κ1) is 12.0. The van der Waals surface area contributed by atoms with Crippen molar-refractivity contribution in [2.75, 3.05) is 6.61 Å². The number of aromatic nitrogens is 1. The molecule has 0 bridgehead atoms. The van der Waals surface area contributed by atoms with Gasteiger partial charge in [-0.05, 0) is 6.07 Å². The summed E-state index contributed by atoms with van der Waals surface area (Å²) >= 11 is 0. The molecule has 0 saturated heterocycles. The van der Waals surface area contributed by atoms with Gasteiger partial charge < -0.3 is 9.26 Å². The fourth-order valence-corrected chi connectivity index (χ4v) is 1.56. The van der Waals surface area contributed by atoms with Crippen LogP contribution < -0.4 is 0 Å². The zero-order valence-corrected chi connectivity index (χ0v) is 9.58. The van der Waals surface area contributed by atoms with Gasteiger partial charge in [-0.15, -0.1) is 0 Å². The molecular weight excluding hydrogens is 240 g/mol. The van der Waals surface area contributed by atoms with E-state index in [1.807, 2.05) is 0 Å². The van der Waals surface area contributed by atoms with Crippen LogP contribution in [0, 0.1) is 10.1 Å². The van der Waals surface area contributed by atoms with E-state index in [-0.39, 0.29) is 18.3 Å². The van der Waals surface area contributed by atoms with Crippen molar-refractivity contribution in [3.05, 3.63) is 34.0 Å². The Hall–Kier alpha value is -2.44. The van der Waals surface area contributed by atoms with Crippen molar-refractivity contribution in [1.29, 1.82) is 0 Å². The molecule has 2 aromatic rings. The fourth-order valence-electron chi connectivity index (χ4n) is 1.56. The van der Waals surface area contributed by atoms with Crippen molar-refractivity contribution in [1.82, 2.24) is 5.16 Å². The molecule has 0 atom stereocenters. The van der Waals surface area contributed by atoms with E-state index in [9.17, 15) is 14.9 Å². The van der Waals surface area contributed by atoms with Crippen LogP contribution in [0.4, 0.5) is 5.69 Å². The lowest BCUT2D eigenvalue weighted by molar-refractivity contribution is -0.384. The summed E-state index contributed by atoms with van der Waals surface area (Å²) < 4.78 is 9.82. The van der Waals surface area contributed by atoms with Gasteiger partial charge in [-0.1, -0.05) is 5.16 Å². The summed E-state index contributed by atoms with van der Waals surface area (Å²) in [6.07, 6.45) is 0.355. The Balaban J connectivity index is 2.25. The minimum absolute atomic E-state index is 0.0283. The molecule has 1 aromatic heterocycles. The summed E-state index contributed by atoms with van der Waals surface area (Å²) in [5.41, 5.74) is 0.979. The Labute approximate surface area is 101 Å². The van der Waals surface area contributed by atoms with Gasteiger partial charge in [-0.3, -0.25) is 14.9 Å². The Kier molecular flexibility index (Phi) is 3.22. The molecule has 18 heavy (non-hydrogen) atoms. The summed E-state index contributed by atoms with van der Waals surface area (Å²) in [5.74, 6) is -0.381. The largest absolute Gasteiger partial charge is 0.465 e. The van der Waals surface area contributed by atoms with Crippen LogP contribution >= 0.6 is 0 Å². The van der Waals surface area contributed by atoms with Crippen molar-refractivity contribution in [2.45, 2.75) is 13.3 Å². The predicted molar refractivity (Wildman–Crippen MR) is 61.0 cm³/mol. The molecule has 0 radical (unpaired) electrons. The number of fused-ring (bicyclic) bond motifs is 1. The monoisotopic (exact) mass is 250 g/mol. The SMILES string of the molecule is CC(=O)OCCc1noc2ccc([N+](=O)[O-])cc12. The van der Waals surface area contributed by atoms with Gasteiger partial charge in [0.15, 0.2) is 5.58 Å². The van der Waals surface area contributed by atoms with Gasteiger partial charge in [0.25, 0.3) is 5.69 Å². The summed E-state index contributed by atoms with van der Waals surface area (Å²) in [7, 11) is 0. The van der Waals surface area contributed by atoms with Crippen LogP contribution in [0.1, 0.15) is 12.6 Å². The van der Waals surface area contributed by atoms with E-state index in [1.165, 1.54) is 25.1 Å². The second-order valence-corrected chi connectivity index (χ2v) is 3.66. The topological polar surface area (TPSA) is 95.5 Å². The highest BCUT2D eigenvalue weighted by Crippen LogP contribution is 2.24. The molecule has 0 fully saturated rings. The highest BCUT2D eigenvalue weighted by molar-refractivity contribution is 5.81. The number of benzene rings is 1. The van der Waals surface area contributed by atoms with Gasteiger partial charge in [-0.2, -0.15) is 0 Å². The Morgan fingerprint density at radius 1 is 1.56 bits per heavy atom. The molecule has 94 valence electrons. The lowest BCUT2D eigenvalue weighted by Crippen LogP contribution is -2.03. The molecular formula is C11H10N2O5. The van der Waals surface area contributed by atoms with Gasteiger partial charge in [0.1, 0.15) is 0 Å². The molecule has 1 aromatic carbocycles. The number of nitrogens with zero attached hydrogens (tertiary/aromatic N) is 2. The van der Waals surface area contributed by atoms with Crippen LogP contribution in [0.25, 0.3) is 11.0 Å². The number of carbonyl (C=O) groups excluding carboxylic acids is 1. The first-order valence-corrected chi connectivity index (χ1v) is 5.24. The quantitative estimate of drug-likeness (QED) is 0.466. The van der Waals surface area contributed by atoms with E-state index < -0.39 is 4.92 Å². The van der Waals surface area contributed by atoms with E-state index in [1.54, 1.807) is 0 Å². The standard InChI is InChI=1S/C11H10N2O5/c1-7(14)17-5-4-10-9-6-8(13(15)16)2-3-11(9)18-12-10/h2-3,6H,4-5H2,1H3. The molecule has 2 rings (SSSR count). The van der Waals surface area contributed by atoms with Crippen LogP contribution in [-0.4, -0.2) is 22.7 Å². The maximum absolute atomic E-state index is 10.7. The maximum atomic E-state index is 10.7. The summed E-state index contributed by atoms with van der Waals surface area (Å²) in [4.78, 5) is 20.8. The number of ether oxygens (including phenoxy) is 1. The molecule has 0 spiro atoms. The molecule has 0 aliphatic rings. The third kappa shape index (κ3) is 2.45. The Morgan fingerprint density at radius 3 is 3.00 bits per heavy atom. The lowest BCUT2D eigenvalue weighted by atomic mass is 10.1. The number of rotatable bonds is 4. The fraction of sp³-hybridized carbons (Fsp3) is 0.273. The number of hydrogen-bond acceptors (Lipinski definition) is 6. The molecule has 0 aliphatic heterocycles. The predicted octanol–water partition coefficient (Wildman–Crippen LogP) is 1.84. The molecule has 1 heterocycles. The van der Waals surface area contributed by atoms with Gasteiger partial charge in [-0.25, -0.2) is 0 Å². The van der Waals surface area contributed by atoms with Crippen molar-refractivity contribution >= 4 is 22.6 Å². The first-order valence-electron chi connectivity index (χ1n) is 5.24. The van der Waals surface area contributed by atoms with Gasteiger partial charge in [0, 0.05) is 25.5 Å². The minimum atomic E-state index is -0.484. The highest BCUT2D eigenvalue weighted by atomic mass is 16.6. The minimum Gasteiger partial charge on any atom is -0.465 e. The number of esters is 1. The number of hydrogen-bond donors (Lipinski definition) is 0. The van der Waals surface area contributed by atoms with Gasteiger partial charge in [0.05, 0.1) is 22.6 Å². The van der Waals surface area contributed by atoms with Crippen molar-refractivity contribution in [3.63, 3.8) is 0 Å². The highest BCUT2D eigenvalue weighted by Gasteiger charge is 2.13. The van der Waals surface area contributed by atoms with Crippen LogP contribution in [0.15, 0.2) is 22.7 Å². The van der Waals surface area contributed by atoms with Gasteiger partial charge >= 0.3 is 5.97 Å². The first-order chi connectivity index (χ1) is 8.58. The van der Waals surface area contributed by atoms with E-state index in [4.69, 9.17) is 9.26 Å². The summed E-state index contributed by atoms with van der Waals surface area (Å²) in [6, 6.07) is 4.24. The normalized spacial score (nSPS) is 10.5. The summed E-state index contributed by atoms with van der Waals surface area (Å²) in [6.45, 7) is 1.48. The zero-order chi connectivity index (χ0) is 13.1. The van der Waals surface area contributed by atoms with Crippen LogP contribution in [-0.2, 0) is 16.0 Å². The second kappa shape index (κ2) is 4.82. The number of carbonyl (C=O) groups is 1. The number of nitro benzene ring substituents is 1. The summed E-state index contributed by atoms with van der Waals surface area (Å²) in [5, 5.41) is 15.0. The Bertz CT molecular complexity index is 604. The van der Waals surface area contributed by atoms with E-state index in [0.717, 1.165) is 0 Å². The van der Waals surface area contributed by atoms with E-state index in [2.05, 4.69) is 5.16 Å². The van der Waals surface area contributed by atoms with E-state index in [0.29, 0.717) is 23.1 Å².